The van der Waals surface area contributed by atoms with Gasteiger partial charge in [0.15, 0.2) is 0 Å². The van der Waals surface area contributed by atoms with Crippen molar-refractivity contribution in [2.75, 3.05) is 11.9 Å². The van der Waals surface area contributed by atoms with Gasteiger partial charge in [0.2, 0.25) is 5.91 Å². The molecule has 0 aliphatic carbocycles. The number of thioether (sulfide) groups is 1. The first-order chi connectivity index (χ1) is 14.0. The van der Waals surface area contributed by atoms with E-state index >= 15 is 0 Å². The number of amides is 2. The van der Waals surface area contributed by atoms with Gasteiger partial charge in [-0.1, -0.05) is 60.4 Å². The first-order valence-electron chi connectivity index (χ1n) is 9.21. The number of pyridine rings is 1. The zero-order valence-corrected chi connectivity index (χ0v) is 17.6. The average molecular weight is 424 g/mol. The van der Waals surface area contributed by atoms with Gasteiger partial charge in [0.05, 0.1) is 16.8 Å². The zero-order valence-electron chi connectivity index (χ0n) is 16.0. The van der Waals surface area contributed by atoms with Crippen molar-refractivity contribution in [3.05, 3.63) is 77.0 Å². The second kappa shape index (κ2) is 10.1. The van der Waals surface area contributed by atoms with E-state index in [4.69, 9.17) is 12.2 Å². The lowest BCUT2D eigenvalue weighted by Gasteiger charge is -2.14. The summed E-state index contributed by atoms with van der Waals surface area (Å²) in [5, 5.41) is 2.79. The molecular weight excluding hydrogens is 402 g/mol. The molecule has 5 nitrogen and oxygen atoms in total. The normalized spacial score (nSPS) is 15.8. The molecule has 2 amide bonds. The van der Waals surface area contributed by atoms with Gasteiger partial charge in [-0.25, -0.2) is 0 Å². The number of aromatic nitrogens is 1. The van der Waals surface area contributed by atoms with Gasteiger partial charge in [-0.05, 0) is 42.7 Å². The van der Waals surface area contributed by atoms with Crippen LogP contribution in [0.3, 0.4) is 0 Å². The second-order valence-corrected chi connectivity index (χ2v) is 8.20. The fourth-order valence-corrected chi connectivity index (χ4v) is 4.17. The molecule has 1 aromatic heterocycles. The minimum atomic E-state index is -0.111. The Morgan fingerprint density at radius 2 is 2.03 bits per heavy atom. The van der Waals surface area contributed by atoms with E-state index in [1.165, 1.54) is 11.8 Å². The minimum absolute atomic E-state index is 0.103. The number of anilines is 1. The maximum atomic E-state index is 12.7. The van der Waals surface area contributed by atoms with Crippen LogP contribution in [-0.4, -0.2) is 32.6 Å². The molecule has 1 aliphatic rings. The van der Waals surface area contributed by atoms with Crippen LogP contribution in [0.25, 0.3) is 6.08 Å². The first kappa shape index (κ1) is 21.0. The molecule has 0 unspecified atom stereocenters. The number of nitrogens with one attached hydrogen (secondary N) is 1. The fraction of sp³-hybridized carbons (Fsp3) is 0.182. The van der Waals surface area contributed by atoms with E-state index < -0.39 is 0 Å². The molecular formula is C22H21N3O2S2. The quantitative estimate of drug-likeness (QED) is 0.519. The monoisotopic (exact) mass is 423 g/mol. The van der Waals surface area contributed by atoms with Gasteiger partial charge in [-0.15, -0.1) is 0 Å². The van der Waals surface area contributed by atoms with Crippen LogP contribution >= 0.6 is 24.0 Å². The lowest BCUT2D eigenvalue weighted by atomic mass is 10.1. The predicted molar refractivity (Wildman–Crippen MR) is 122 cm³/mol. The summed E-state index contributed by atoms with van der Waals surface area (Å²) >= 11 is 6.66. The standard InChI is InChI=1S/C22H21N3O2S2/c1-16(13-17-7-3-2-4-8-17)14-19-21(27)25(22(28)29-19)12-6-10-20(26)24-18-9-5-11-23-15-18/h2-5,7-9,11,13-15H,6,10,12H2,1H3,(H,24,26)/b16-13-,19-14+. The Labute approximate surface area is 179 Å². The largest absolute Gasteiger partial charge is 0.325 e. The second-order valence-electron chi connectivity index (χ2n) is 6.53. The van der Waals surface area contributed by atoms with Crippen molar-refractivity contribution in [1.29, 1.82) is 0 Å². The van der Waals surface area contributed by atoms with Crippen LogP contribution < -0.4 is 5.32 Å². The summed E-state index contributed by atoms with van der Waals surface area (Å²) in [5.41, 5.74) is 2.72. The third-order valence-electron chi connectivity index (χ3n) is 4.16. The van der Waals surface area contributed by atoms with Crippen LogP contribution in [-0.2, 0) is 9.59 Å². The van der Waals surface area contributed by atoms with Crippen LogP contribution in [0.5, 0.6) is 0 Å². The predicted octanol–water partition coefficient (Wildman–Crippen LogP) is 4.65. The molecule has 3 rings (SSSR count). The molecule has 1 fully saturated rings. The molecule has 2 heterocycles. The van der Waals surface area contributed by atoms with Crippen molar-refractivity contribution in [2.24, 2.45) is 0 Å². The van der Waals surface area contributed by atoms with E-state index in [9.17, 15) is 9.59 Å². The van der Waals surface area contributed by atoms with Crippen LogP contribution in [0.1, 0.15) is 25.3 Å². The van der Waals surface area contributed by atoms with Crippen LogP contribution in [0.2, 0.25) is 0 Å². The van der Waals surface area contributed by atoms with E-state index in [2.05, 4.69) is 10.3 Å². The van der Waals surface area contributed by atoms with Crippen molar-refractivity contribution in [2.45, 2.75) is 19.8 Å². The van der Waals surface area contributed by atoms with Gasteiger partial charge in [-0.2, -0.15) is 0 Å². The Kier molecular flexibility index (Phi) is 7.32. The summed E-state index contributed by atoms with van der Waals surface area (Å²) in [7, 11) is 0. The molecule has 0 spiro atoms. The SMILES string of the molecule is CC(=C/c1ccccc1)/C=C1/SC(=S)N(CCCC(=O)Nc2cccnc2)C1=O. The van der Waals surface area contributed by atoms with E-state index in [1.54, 1.807) is 29.4 Å². The Balaban J connectivity index is 1.53. The zero-order chi connectivity index (χ0) is 20.6. The number of hydrogen-bond acceptors (Lipinski definition) is 5. The lowest BCUT2D eigenvalue weighted by Crippen LogP contribution is -2.29. The van der Waals surface area contributed by atoms with Crippen LogP contribution in [0.15, 0.2) is 71.4 Å². The number of allylic oxidation sites excluding steroid dienone is 2. The number of hydrogen-bond donors (Lipinski definition) is 1. The molecule has 1 N–H and O–H groups in total. The van der Waals surface area contributed by atoms with Gasteiger partial charge in [0.25, 0.3) is 5.91 Å². The van der Waals surface area contributed by atoms with E-state index in [1.807, 2.05) is 49.4 Å². The number of rotatable bonds is 7. The molecule has 0 bridgehead atoms. The molecule has 29 heavy (non-hydrogen) atoms. The van der Waals surface area contributed by atoms with E-state index in [0.717, 1.165) is 11.1 Å². The maximum absolute atomic E-state index is 12.7. The minimum Gasteiger partial charge on any atom is -0.325 e. The molecule has 0 saturated carbocycles. The van der Waals surface area contributed by atoms with Gasteiger partial charge < -0.3 is 5.32 Å². The topological polar surface area (TPSA) is 62.3 Å². The summed E-state index contributed by atoms with van der Waals surface area (Å²) in [5.74, 6) is -0.214. The molecule has 0 radical (unpaired) electrons. The Bertz CT molecular complexity index is 957. The van der Waals surface area contributed by atoms with E-state index in [-0.39, 0.29) is 11.8 Å². The average Bonchev–Trinajstić information content (AvgIpc) is 2.96. The fourth-order valence-electron chi connectivity index (χ4n) is 2.81. The van der Waals surface area contributed by atoms with Gasteiger partial charge in [0.1, 0.15) is 4.32 Å². The highest BCUT2D eigenvalue weighted by atomic mass is 32.2. The highest BCUT2D eigenvalue weighted by molar-refractivity contribution is 8.26. The number of thiocarbonyl (C=S) groups is 1. The Morgan fingerprint density at radius 3 is 2.76 bits per heavy atom. The van der Waals surface area contributed by atoms with E-state index in [0.29, 0.717) is 34.3 Å². The van der Waals surface area contributed by atoms with Crippen LogP contribution in [0, 0.1) is 0 Å². The van der Waals surface area contributed by atoms with Crippen molar-refractivity contribution < 1.29 is 9.59 Å². The third-order valence-corrected chi connectivity index (χ3v) is 5.53. The molecule has 148 valence electrons. The molecule has 2 aromatic rings. The Morgan fingerprint density at radius 1 is 1.24 bits per heavy atom. The first-order valence-corrected chi connectivity index (χ1v) is 10.4. The summed E-state index contributed by atoms with van der Waals surface area (Å²) < 4.78 is 0.529. The van der Waals surface area contributed by atoms with Crippen molar-refractivity contribution >= 4 is 51.9 Å². The number of carbonyl (C=O) groups is 2. The summed E-state index contributed by atoms with van der Waals surface area (Å²) in [4.78, 5) is 30.9. The maximum Gasteiger partial charge on any atom is 0.266 e. The van der Waals surface area contributed by atoms with Gasteiger partial charge >= 0.3 is 0 Å². The lowest BCUT2D eigenvalue weighted by molar-refractivity contribution is -0.122. The molecule has 1 saturated heterocycles. The molecule has 1 aromatic carbocycles. The highest BCUT2D eigenvalue weighted by Crippen LogP contribution is 2.32. The highest BCUT2D eigenvalue weighted by Gasteiger charge is 2.31. The summed E-state index contributed by atoms with van der Waals surface area (Å²) in [6.45, 7) is 2.38. The molecule has 0 atom stereocenters. The van der Waals surface area contributed by atoms with Gasteiger partial charge in [-0.3, -0.25) is 19.5 Å². The summed E-state index contributed by atoms with van der Waals surface area (Å²) in [6.07, 6.45) is 7.96. The van der Waals surface area contributed by atoms with Crippen molar-refractivity contribution in [3.8, 4) is 0 Å². The number of benzene rings is 1. The molecule has 1 aliphatic heterocycles. The van der Waals surface area contributed by atoms with Crippen molar-refractivity contribution in [3.63, 3.8) is 0 Å². The van der Waals surface area contributed by atoms with Crippen LogP contribution in [0.4, 0.5) is 5.69 Å². The number of carbonyl (C=O) groups excluding carboxylic acids is 2. The summed E-state index contributed by atoms with van der Waals surface area (Å²) in [6, 6.07) is 13.5. The number of nitrogens with zero attached hydrogens (tertiary/aromatic N) is 2. The van der Waals surface area contributed by atoms with Crippen molar-refractivity contribution in [1.82, 2.24) is 9.88 Å². The molecule has 7 heteroatoms. The Hall–Kier alpha value is -2.77. The third kappa shape index (κ3) is 6.10. The smallest absolute Gasteiger partial charge is 0.266 e. The van der Waals surface area contributed by atoms with Gasteiger partial charge in [0, 0.05) is 19.2 Å².